The zero-order valence-electron chi connectivity index (χ0n) is 13.5. The quantitative estimate of drug-likeness (QED) is 0.887. The molecule has 120 valence electrons. The summed E-state index contributed by atoms with van der Waals surface area (Å²) < 4.78 is 0. The van der Waals surface area contributed by atoms with E-state index < -0.39 is 0 Å². The highest BCUT2D eigenvalue weighted by Crippen LogP contribution is 2.23. The molecule has 0 saturated carbocycles. The lowest BCUT2D eigenvalue weighted by Crippen LogP contribution is -2.48. The predicted octanol–water partition coefficient (Wildman–Crippen LogP) is 3.01. The van der Waals surface area contributed by atoms with Gasteiger partial charge in [-0.25, -0.2) is 0 Å². The highest BCUT2D eigenvalue weighted by atomic mass is 16.2. The number of rotatable bonds is 3. The molecule has 0 bridgehead atoms. The number of benzene rings is 2. The lowest BCUT2D eigenvalue weighted by atomic mass is 10.0. The Morgan fingerprint density at radius 2 is 1.96 bits per heavy atom. The first-order valence-electron chi connectivity index (χ1n) is 8.08. The van der Waals surface area contributed by atoms with Crippen molar-refractivity contribution in [3.05, 3.63) is 60.2 Å². The van der Waals surface area contributed by atoms with Crippen LogP contribution in [0.3, 0.4) is 0 Å². The molecule has 3 rings (SSSR count). The number of anilines is 2. The van der Waals surface area contributed by atoms with Crippen molar-refractivity contribution in [2.45, 2.75) is 18.9 Å². The van der Waals surface area contributed by atoms with Crippen LogP contribution >= 0.6 is 0 Å². The second-order valence-corrected chi connectivity index (χ2v) is 6.12. The van der Waals surface area contributed by atoms with Crippen molar-refractivity contribution in [1.29, 1.82) is 0 Å². The Morgan fingerprint density at radius 3 is 2.70 bits per heavy atom. The second-order valence-electron chi connectivity index (χ2n) is 6.12. The van der Waals surface area contributed by atoms with Crippen LogP contribution in [0.4, 0.5) is 11.4 Å². The summed E-state index contributed by atoms with van der Waals surface area (Å²) in [7, 11) is 1.89. The molecule has 0 aliphatic carbocycles. The van der Waals surface area contributed by atoms with Gasteiger partial charge in [0.15, 0.2) is 0 Å². The van der Waals surface area contributed by atoms with Crippen molar-refractivity contribution in [2.75, 3.05) is 30.8 Å². The van der Waals surface area contributed by atoms with Crippen LogP contribution in [-0.2, 0) is 0 Å². The first-order valence-corrected chi connectivity index (χ1v) is 8.08. The minimum atomic E-state index is 0.0391. The van der Waals surface area contributed by atoms with Crippen LogP contribution in [0, 0.1) is 0 Å². The van der Waals surface area contributed by atoms with Gasteiger partial charge in [-0.3, -0.25) is 4.79 Å². The van der Waals surface area contributed by atoms with E-state index in [-0.39, 0.29) is 11.9 Å². The highest BCUT2D eigenvalue weighted by Gasteiger charge is 2.26. The molecule has 4 nitrogen and oxygen atoms in total. The van der Waals surface area contributed by atoms with E-state index in [1.54, 1.807) is 12.1 Å². The second kappa shape index (κ2) is 6.73. The molecule has 1 unspecified atom stereocenters. The van der Waals surface area contributed by atoms with Gasteiger partial charge in [-0.2, -0.15) is 0 Å². The number of likely N-dealkylation sites (N-methyl/N-ethyl adjacent to an activating group) is 1. The summed E-state index contributed by atoms with van der Waals surface area (Å²) in [6.07, 6.45) is 2.13. The van der Waals surface area contributed by atoms with E-state index in [1.807, 2.05) is 30.1 Å². The standard InChI is InChI=1S/C19H23N3O/c1-21(19(23)15-7-5-8-16(20)13-15)18-11-6-12-22(14-18)17-9-3-2-4-10-17/h2-5,7-10,13,18H,6,11-12,14,20H2,1H3. The molecule has 2 aromatic carbocycles. The predicted molar refractivity (Wildman–Crippen MR) is 94.6 cm³/mol. The molecule has 2 N–H and O–H groups in total. The number of carbonyl (C=O) groups excluding carboxylic acids is 1. The van der Waals surface area contributed by atoms with E-state index in [4.69, 9.17) is 5.73 Å². The fourth-order valence-electron chi connectivity index (χ4n) is 3.19. The maximum atomic E-state index is 12.7. The maximum Gasteiger partial charge on any atom is 0.253 e. The number of piperidine rings is 1. The van der Waals surface area contributed by atoms with Crippen molar-refractivity contribution >= 4 is 17.3 Å². The number of nitrogen functional groups attached to an aromatic ring is 1. The fraction of sp³-hybridized carbons (Fsp3) is 0.316. The number of carbonyl (C=O) groups is 1. The molecule has 1 fully saturated rings. The smallest absolute Gasteiger partial charge is 0.253 e. The summed E-state index contributed by atoms with van der Waals surface area (Å²) in [6.45, 7) is 1.91. The first kappa shape index (κ1) is 15.4. The summed E-state index contributed by atoms with van der Waals surface area (Å²) >= 11 is 0. The maximum absolute atomic E-state index is 12.7. The summed E-state index contributed by atoms with van der Waals surface area (Å²) in [4.78, 5) is 16.9. The highest BCUT2D eigenvalue weighted by molar-refractivity contribution is 5.95. The Bertz CT molecular complexity index is 671. The van der Waals surface area contributed by atoms with Crippen LogP contribution in [0.15, 0.2) is 54.6 Å². The molecule has 1 aliphatic heterocycles. The average molecular weight is 309 g/mol. The van der Waals surface area contributed by atoms with Gasteiger partial charge in [0.1, 0.15) is 0 Å². The molecule has 1 atom stereocenters. The van der Waals surface area contributed by atoms with Gasteiger partial charge < -0.3 is 15.5 Å². The normalized spacial score (nSPS) is 17.8. The van der Waals surface area contributed by atoms with Gasteiger partial charge in [0.05, 0.1) is 0 Å². The third-order valence-electron chi connectivity index (χ3n) is 4.52. The van der Waals surface area contributed by atoms with Gasteiger partial charge in [-0.15, -0.1) is 0 Å². The first-order chi connectivity index (χ1) is 11.1. The van der Waals surface area contributed by atoms with Gasteiger partial charge >= 0.3 is 0 Å². The van der Waals surface area contributed by atoms with Crippen LogP contribution in [0.2, 0.25) is 0 Å². The van der Waals surface area contributed by atoms with Crippen LogP contribution < -0.4 is 10.6 Å². The summed E-state index contributed by atoms with van der Waals surface area (Å²) in [5.74, 6) is 0.0391. The molecule has 0 spiro atoms. The van der Waals surface area contributed by atoms with Gasteiger partial charge in [-0.1, -0.05) is 24.3 Å². The summed E-state index contributed by atoms with van der Waals surface area (Å²) in [6, 6.07) is 17.8. The molecule has 1 saturated heterocycles. The molecule has 1 heterocycles. The van der Waals surface area contributed by atoms with Crippen LogP contribution in [0.5, 0.6) is 0 Å². The minimum Gasteiger partial charge on any atom is -0.399 e. The summed E-state index contributed by atoms with van der Waals surface area (Å²) in [5.41, 5.74) is 8.30. The average Bonchev–Trinajstić information content (AvgIpc) is 2.61. The Labute approximate surface area is 137 Å². The third-order valence-corrected chi connectivity index (χ3v) is 4.52. The van der Waals surface area contributed by atoms with Gasteiger partial charge in [-0.05, 0) is 43.2 Å². The number of amides is 1. The van der Waals surface area contributed by atoms with Crippen molar-refractivity contribution < 1.29 is 4.79 Å². The molecule has 2 aromatic rings. The fourth-order valence-corrected chi connectivity index (χ4v) is 3.19. The van der Waals surface area contributed by atoms with Gasteiger partial charge in [0, 0.05) is 43.1 Å². The van der Waals surface area contributed by atoms with Crippen molar-refractivity contribution in [3.8, 4) is 0 Å². The Balaban J connectivity index is 1.72. The van der Waals surface area contributed by atoms with Crippen molar-refractivity contribution in [3.63, 3.8) is 0 Å². The number of hydrogen-bond donors (Lipinski definition) is 1. The monoisotopic (exact) mass is 309 g/mol. The lowest BCUT2D eigenvalue weighted by molar-refractivity contribution is 0.0717. The molecule has 0 aromatic heterocycles. The Hall–Kier alpha value is -2.49. The molecule has 1 amide bonds. The van der Waals surface area contributed by atoms with E-state index in [2.05, 4.69) is 29.2 Å². The lowest BCUT2D eigenvalue weighted by Gasteiger charge is -2.39. The van der Waals surface area contributed by atoms with E-state index in [0.29, 0.717) is 11.3 Å². The molecule has 23 heavy (non-hydrogen) atoms. The molecule has 1 aliphatic rings. The number of nitrogens with two attached hydrogens (primary N) is 1. The van der Waals surface area contributed by atoms with Gasteiger partial charge in [0.2, 0.25) is 0 Å². The Kier molecular flexibility index (Phi) is 4.51. The van der Waals surface area contributed by atoms with E-state index in [0.717, 1.165) is 25.9 Å². The molecule has 4 heteroatoms. The van der Waals surface area contributed by atoms with E-state index >= 15 is 0 Å². The topological polar surface area (TPSA) is 49.6 Å². The van der Waals surface area contributed by atoms with Gasteiger partial charge in [0.25, 0.3) is 5.91 Å². The number of nitrogens with zero attached hydrogens (tertiary/aromatic N) is 2. The largest absolute Gasteiger partial charge is 0.399 e. The van der Waals surface area contributed by atoms with Crippen molar-refractivity contribution in [1.82, 2.24) is 4.90 Å². The Morgan fingerprint density at radius 1 is 1.17 bits per heavy atom. The molecule has 0 radical (unpaired) electrons. The zero-order valence-corrected chi connectivity index (χ0v) is 13.5. The number of para-hydroxylation sites is 1. The SMILES string of the molecule is CN(C(=O)c1cccc(N)c1)C1CCCN(c2ccccc2)C1. The molecular formula is C19H23N3O. The number of hydrogen-bond acceptors (Lipinski definition) is 3. The van der Waals surface area contributed by atoms with Crippen LogP contribution in [0.1, 0.15) is 23.2 Å². The van der Waals surface area contributed by atoms with E-state index in [1.165, 1.54) is 5.69 Å². The van der Waals surface area contributed by atoms with E-state index in [9.17, 15) is 4.79 Å². The van der Waals surface area contributed by atoms with Crippen LogP contribution in [-0.4, -0.2) is 37.0 Å². The third kappa shape index (κ3) is 3.47. The van der Waals surface area contributed by atoms with Crippen molar-refractivity contribution in [2.24, 2.45) is 0 Å². The minimum absolute atomic E-state index is 0.0391. The van der Waals surface area contributed by atoms with Crippen LogP contribution in [0.25, 0.3) is 0 Å². The summed E-state index contributed by atoms with van der Waals surface area (Å²) in [5, 5.41) is 0. The molecular weight excluding hydrogens is 286 g/mol. The zero-order chi connectivity index (χ0) is 16.2.